The number of pyridine rings is 1. The number of carbonyl (C=O) groups is 1. The summed E-state index contributed by atoms with van der Waals surface area (Å²) in [4.78, 5) is 27.4. The molecule has 3 aromatic rings. The first-order valence-electron chi connectivity index (χ1n) is 12.3. The summed E-state index contributed by atoms with van der Waals surface area (Å²) in [7, 11) is -0.186. The van der Waals surface area contributed by atoms with Crippen molar-refractivity contribution in [2.24, 2.45) is 0 Å². The van der Waals surface area contributed by atoms with Crippen molar-refractivity contribution in [3.8, 4) is 11.1 Å². The van der Waals surface area contributed by atoms with Crippen LogP contribution in [0.15, 0.2) is 53.5 Å². The summed E-state index contributed by atoms with van der Waals surface area (Å²) >= 11 is 0. The van der Waals surface area contributed by atoms with E-state index in [1.165, 1.54) is 23.8 Å². The van der Waals surface area contributed by atoms with Crippen molar-refractivity contribution in [1.82, 2.24) is 9.47 Å². The number of aliphatic hydroxyl groups is 1. The van der Waals surface area contributed by atoms with Gasteiger partial charge in [-0.15, -0.1) is 0 Å². The van der Waals surface area contributed by atoms with Crippen molar-refractivity contribution in [3.63, 3.8) is 0 Å². The van der Waals surface area contributed by atoms with E-state index in [1.807, 2.05) is 13.1 Å². The molecule has 0 saturated carbocycles. The molecular weight excluding hydrogens is 511 g/mol. The molecular formula is C28H35FN2O6S. The maximum absolute atomic E-state index is 15.0. The summed E-state index contributed by atoms with van der Waals surface area (Å²) in [6.45, 7) is 2.46. The molecule has 0 aliphatic carbocycles. The highest BCUT2D eigenvalue weighted by Gasteiger charge is 2.42. The number of hydrogen-bond donors (Lipinski definition) is 1. The molecule has 1 N–H and O–H groups in total. The molecule has 0 fully saturated rings. The van der Waals surface area contributed by atoms with Gasteiger partial charge in [0.1, 0.15) is 17.2 Å². The summed E-state index contributed by atoms with van der Waals surface area (Å²) < 4.78 is 44.1. The number of sulfone groups is 1. The zero-order valence-corrected chi connectivity index (χ0v) is 23.1. The zero-order valence-electron chi connectivity index (χ0n) is 22.2. The SMILES string of the molecule is COCCCN(C)Cc1ccc(-c2ccc3c(=O)n(CC[C@](C)(C(=O)CO)S(C)(=O)=O)ccc3c2)c(F)c1. The van der Waals surface area contributed by atoms with Gasteiger partial charge < -0.3 is 19.3 Å². The molecule has 1 heterocycles. The highest BCUT2D eigenvalue weighted by molar-refractivity contribution is 7.92. The number of aryl methyl sites for hydroxylation is 1. The lowest BCUT2D eigenvalue weighted by Crippen LogP contribution is -2.46. The molecule has 0 unspecified atom stereocenters. The normalized spacial score (nSPS) is 13.7. The summed E-state index contributed by atoms with van der Waals surface area (Å²) in [5.41, 5.74) is 1.56. The van der Waals surface area contributed by atoms with Crippen molar-refractivity contribution in [2.45, 2.75) is 37.6 Å². The minimum Gasteiger partial charge on any atom is -0.389 e. The van der Waals surface area contributed by atoms with Crippen LogP contribution >= 0.6 is 0 Å². The minimum atomic E-state index is -3.83. The minimum absolute atomic E-state index is 0.0260. The van der Waals surface area contributed by atoms with Crippen molar-refractivity contribution in [2.75, 3.05) is 40.2 Å². The monoisotopic (exact) mass is 546 g/mol. The van der Waals surface area contributed by atoms with Gasteiger partial charge in [0.2, 0.25) is 0 Å². The van der Waals surface area contributed by atoms with Gasteiger partial charge in [-0.3, -0.25) is 9.59 Å². The summed E-state index contributed by atoms with van der Waals surface area (Å²) in [5, 5.41) is 10.2. The molecule has 0 bridgehead atoms. The number of hydrogen-bond acceptors (Lipinski definition) is 7. The van der Waals surface area contributed by atoms with Gasteiger partial charge in [0, 0.05) is 56.8 Å². The molecule has 1 atom stereocenters. The van der Waals surface area contributed by atoms with E-state index in [2.05, 4.69) is 4.90 Å². The van der Waals surface area contributed by atoms with Gasteiger partial charge in [-0.05, 0) is 67.6 Å². The number of aromatic nitrogens is 1. The first-order chi connectivity index (χ1) is 17.9. The predicted octanol–water partition coefficient (Wildman–Crippen LogP) is 3.03. The molecule has 10 heteroatoms. The first-order valence-corrected chi connectivity index (χ1v) is 14.2. The summed E-state index contributed by atoms with van der Waals surface area (Å²) in [5.74, 6) is -1.17. The standard InChI is InChI=1S/C28H35FN2O6S/c1-28(26(33)19-32,38(4,35)36)11-14-31-13-10-22-17-21(7-9-24(22)27(31)34)23-8-6-20(16-25(23)29)18-30(2)12-5-15-37-3/h6-10,13,16-17,32H,5,11-12,14-15,18-19H2,1-4H3/t28-/m1/s1. The highest BCUT2D eigenvalue weighted by atomic mass is 32.2. The van der Waals surface area contributed by atoms with Crippen LogP contribution in [0.4, 0.5) is 4.39 Å². The summed E-state index contributed by atoms with van der Waals surface area (Å²) in [6, 6.07) is 11.9. The lowest BCUT2D eigenvalue weighted by Gasteiger charge is -2.25. The maximum atomic E-state index is 15.0. The number of nitrogens with zero attached hydrogens (tertiary/aromatic N) is 2. The largest absolute Gasteiger partial charge is 0.389 e. The summed E-state index contributed by atoms with van der Waals surface area (Å²) in [6.07, 6.45) is 3.20. The van der Waals surface area contributed by atoms with Gasteiger partial charge in [0.15, 0.2) is 15.6 Å². The Morgan fingerprint density at radius 3 is 2.55 bits per heavy atom. The topological polar surface area (TPSA) is 106 Å². The second-order valence-electron chi connectivity index (χ2n) is 9.85. The van der Waals surface area contributed by atoms with Crippen LogP contribution in [0.1, 0.15) is 25.3 Å². The number of carbonyl (C=O) groups excluding carboxylic acids is 1. The van der Waals surface area contributed by atoms with Crippen LogP contribution in [0.3, 0.4) is 0 Å². The van der Waals surface area contributed by atoms with Crippen LogP contribution < -0.4 is 5.56 Å². The number of fused-ring (bicyclic) bond motifs is 1. The number of methoxy groups -OCH3 is 1. The van der Waals surface area contributed by atoms with Gasteiger partial charge in [0.25, 0.3) is 5.56 Å². The Morgan fingerprint density at radius 2 is 1.92 bits per heavy atom. The molecule has 206 valence electrons. The highest BCUT2D eigenvalue weighted by Crippen LogP contribution is 2.27. The lowest BCUT2D eigenvalue weighted by atomic mass is 9.99. The van der Waals surface area contributed by atoms with Crippen LogP contribution in [-0.2, 0) is 32.5 Å². The van der Waals surface area contributed by atoms with Crippen LogP contribution in [0.5, 0.6) is 0 Å². The van der Waals surface area contributed by atoms with Crippen LogP contribution in [0, 0.1) is 5.82 Å². The Kier molecular flexibility index (Phi) is 9.59. The lowest BCUT2D eigenvalue weighted by molar-refractivity contribution is -0.124. The van der Waals surface area contributed by atoms with Crippen molar-refractivity contribution >= 4 is 26.4 Å². The van der Waals surface area contributed by atoms with Gasteiger partial charge in [0.05, 0.1) is 0 Å². The molecule has 3 rings (SSSR count). The fourth-order valence-corrected chi connectivity index (χ4v) is 5.37. The molecule has 0 amide bonds. The van der Waals surface area contributed by atoms with Crippen molar-refractivity contribution in [1.29, 1.82) is 0 Å². The average molecular weight is 547 g/mol. The third-order valence-corrected chi connectivity index (χ3v) is 9.11. The van der Waals surface area contributed by atoms with E-state index in [1.54, 1.807) is 37.4 Å². The van der Waals surface area contributed by atoms with Gasteiger partial charge >= 0.3 is 0 Å². The smallest absolute Gasteiger partial charge is 0.258 e. The van der Waals surface area contributed by atoms with E-state index in [0.29, 0.717) is 35.1 Å². The van der Waals surface area contributed by atoms with E-state index < -0.39 is 27.0 Å². The number of Topliss-reactive ketones (excluding diaryl/α,β-unsaturated/α-hetero) is 1. The Balaban J connectivity index is 1.82. The maximum Gasteiger partial charge on any atom is 0.258 e. The molecule has 0 aliphatic heterocycles. The molecule has 8 nitrogen and oxygen atoms in total. The number of rotatable bonds is 13. The molecule has 0 aliphatic rings. The van der Waals surface area contributed by atoms with E-state index >= 15 is 4.39 Å². The molecule has 1 aromatic heterocycles. The fraction of sp³-hybridized carbons (Fsp3) is 0.429. The number of aliphatic hydroxyl groups excluding tert-OH is 1. The molecule has 38 heavy (non-hydrogen) atoms. The van der Waals surface area contributed by atoms with E-state index in [9.17, 15) is 23.1 Å². The Morgan fingerprint density at radius 1 is 1.18 bits per heavy atom. The van der Waals surface area contributed by atoms with Gasteiger partial charge in [-0.1, -0.05) is 18.2 Å². The zero-order chi connectivity index (χ0) is 28.1. The quantitative estimate of drug-likeness (QED) is 0.329. The van der Waals surface area contributed by atoms with E-state index in [4.69, 9.17) is 4.74 Å². The predicted molar refractivity (Wildman–Crippen MR) is 146 cm³/mol. The number of ether oxygens (including phenoxy) is 1. The third-order valence-electron chi connectivity index (χ3n) is 7.04. The second kappa shape index (κ2) is 12.3. The molecule has 0 spiro atoms. The van der Waals surface area contributed by atoms with Gasteiger partial charge in [-0.25, -0.2) is 12.8 Å². The number of ketones is 1. The average Bonchev–Trinajstić information content (AvgIpc) is 2.87. The van der Waals surface area contributed by atoms with E-state index in [0.717, 1.165) is 24.8 Å². The molecule has 0 saturated heterocycles. The van der Waals surface area contributed by atoms with E-state index in [-0.39, 0.29) is 24.3 Å². The van der Waals surface area contributed by atoms with Crippen LogP contribution in [-0.4, -0.2) is 73.7 Å². The number of halogens is 1. The first kappa shape index (κ1) is 29.6. The Bertz CT molecular complexity index is 1470. The molecule has 2 aromatic carbocycles. The van der Waals surface area contributed by atoms with Crippen LogP contribution in [0.2, 0.25) is 0 Å². The van der Waals surface area contributed by atoms with Crippen molar-refractivity contribution in [3.05, 3.63) is 70.4 Å². The Hall–Kier alpha value is -2.92. The third kappa shape index (κ3) is 6.55. The van der Waals surface area contributed by atoms with Crippen molar-refractivity contribution < 1.29 is 27.4 Å². The van der Waals surface area contributed by atoms with Gasteiger partial charge in [-0.2, -0.15) is 0 Å². The second-order valence-corrected chi connectivity index (χ2v) is 12.3. The Labute approximate surface area is 222 Å². The fourth-order valence-electron chi connectivity index (χ4n) is 4.42. The number of benzene rings is 2. The van der Waals surface area contributed by atoms with Crippen LogP contribution in [0.25, 0.3) is 21.9 Å². The molecule has 0 radical (unpaired) electrons.